The standard InChI is InChI=1S/C20H22Cl2N2O2/c1-26-17-4-2-3-16(12-17)23-20(25)15-7-9-24(10-8-15)13-14-5-6-18(21)19(22)11-14/h2-6,11-12,15H,7-10,13H2,1H3,(H,23,25). The van der Waals surface area contributed by atoms with Gasteiger partial charge >= 0.3 is 0 Å². The first kappa shape index (κ1) is 19.0. The van der Waals surface area contributed by atoms with Gasteiger partial charge in [-0.05, 0) is 55.8 Å². The van der Waals surface area contributed by atoms with E-state index in [4.69, 9.17) is 27.9 Å². The van der Waals surface area contributed by atoms with E-state index >= 15 is 0 Å². The Balaban J connectivity index is 1.51. The Labute approximate surface area is 164 Å². The zero-order valence-corrected chi connectivity index (χ0v) is 16.2. The Morgan fingerprint density at radius 2 is 1.92 bits per heavy atom. The topological polar surface area (TPSA) is 41.6 Å². The molecule has 138 valence electrons. The van der Waals surface area contributed by atoms with Crippen molar-refractivity contribution in [1.82, 2.24) is 4.90 Å². The number of hydrogen-bond acceptors (Lipinski definition) is 3. The highest BCUT2D eigenvalue weighted by Crippen LogP contribution is 2.25. The van der Waals surface area contributed by atoms with Crippen LogP contribution in [0.3, 0.4) is 0 Å². The summed E-state index contributed by atoms with van der Waals surface area (Å²) in [6.45, 7) is 2.59. The Morgan fingerprint density at radius 3 is 2.62 bits per heavy atom. The summed E-state index contributed by atoms with van der Waals surface area (Å²) in [6, 6.07) is 13.2. The lowest BCUT2D eigenvalue weighted by Gasteiger charge is -2.31. The summed E-state index contributed by atoms with van der Waals surface area (Å²) in [5.41, 5.74) is 1.91. The molecule has 1 aliphatic rings. The molecule has 2 aromatic rings. The highest BCUT2D eigenvalue weighted by atomic mass is 35.5. The molecule has 1 aliphatic heterocycles. The third-order valence-electron chi connectivity index (χ3n) is 4.69. The summed E-state index contributed by atoms with van der Waals surface area (Å²) in [5.74, 6) is 0.845. The van der Waals surface area contributed by atoms with Crippen molar-refractivity contribution < 1.29 is 9.53 Å². The van der Waals surface area contributed by atoms with Gasteiger partial charge in [-0.15, -0.1) is 0 Å². The molecular formula is C20H22Cl2N2O2. The average Bonchev–Trinajstić information content (AvgIpc) is 2.65. The smallest absolute Gasteiger partial charge is 0.227 e. The number of carbonyl (C=O) groups is 1. The lowest BCUT2D eigenvalue weighted by atomic mass is 9.95. The van der Waals surface area contributed by atoms with Crippen molar-refractivity contribution in [3.8, 4) is 5.75 Å². The average molecular weight is 393 g/mol. The molecule has 0 atom stereocenters. The Hall–Kier alpha value is -1.75. The van der Waals surface area contributed by atoms with Gasteiger partial charge in [-0.3, -0.25) is 9.69 Å². The van der Waals surface area contributed by atoms with Gasteiger partial charge in [-0.2, -0.15) is 0 Å². The molecule has 1 heterocycles. The van der Waals surface area contributed by atoms with Gasteiger partial charge in [0.15, 0.2) is 0 Å². The first-order chi connectivity index (χ1) is 12.5. The molecule has 1 amide bonds. The Bertz CT molecular complexity index is 774. The largest absolute Gasteiger partial charge is 0.497 e. The zero-order chi connectivity index (χ0) is 18.5. The second-order valence-corrected chi connectivity index (χ2v) is 7.33. The minimum atomic E-state index is 0.0336. The van der Waals surface area contributed by atoms with Crippen LogP contribution >= 0.6 is 23.2 Å². The monoisotopic (exact) mass is 392 g/mol. The Morgan fingerprint density at radius 1 is 1.15 bits per heavy atom. The Kier molecular flexibility index (Phi) is 6.41. The fraction of sp³-hybridized carbons (Fsp3) is 0.350. The van der Waals surface area contributed by atoms with Crippen LogP contribution in [0.25, 0.3) is 0 Å². The van der Waals surface area contributed by atoms with Gasteiger partial charge in [0.1, 0.15) is 5.75 Å². The van der Waals surface area contributed by atoms with E-state index in [2.05, 4.69) is 10.2 Å². The maximum absolute atomic E-state index is 12.5. The molecule has 0 aromatic heterocycles. The fourth-order valence-corrected chi connectivity index (χ4v) is 3.52. The summed E-state index contributed by atoms with van der Waals surface area (Å²) in [6.07, 6.45) is 1.69. The fourth-order valence-electron chi connectivity index (χ4n) is 3.19. The summed E-state index contributed by atoms with van der Waals surface area (Å²) in [5, 5.41) is 4.15. The van der Waals surface area contributed by atoms with Gasteiger partial charge in [0.05, 0.1) is 17.2 Å². The predicted molar refractivity (Wildman–Crippen MR) is 106 cm³/mol. The number of ether oxygens (including phenoxy) is 1. The van der Waals surface area contributed by atoms with Crippen molar-refractivity contribution in [2.45, 2.75) is 19.4 Å². The molecule has 0 radical (unpaired) electrons. The van der Waals surface area contributed by atoms with Crippen molar-refractivity contribution in [3.63, 3.8) is 0 Å². The van der Waals surface area contributed by atoms with E-state index in [1.54, 1.807) is 7.11 Å². The molecule has 0 saturated carbocycles. The first-order valence-electron chi connectivity index (χ1n) is 8.66. The van der Waals surface area contributed by atoms with Gasteiger partial charge in [0.25, 0.3) is 0 Å². The van der Waals surface area contributed by atoms with Crippen LogP contribution in [0.2, 0.25) is 10.0 Å². The quantitative estimate of drug-likeness (QED) is 0.790. The van der Waals surface area contributed by atoms with E-state index in [1.807, 2.05) is 42.5 Å². The van der Waals surface area contributed by atoms with E-state index in [0.717, 1.165) is 49.5 Å². The number of piperidine rings is 1. The molecule has 6 heteroatoms. The number of nitrogens with one attached hydrogen (secondary N) is 1. The number of likely N-dealkylation sites (tertiary alicyclic amines) is 1. The van der Waals surface area contributed by atoms with Crippen molar-refractivity contribution >= 4 is 34.8 Å². The highest BCUT2D eigenvalue weighted by molar-refractivity contribution is 6.42. The third kappa shape index (κ3) is 4.91. The number of halogens is 2. The summed E-state index contributed by atoms with van der Waals surface area (Å²) in [4.78, 5) is 14.9. The number of anilines is 1. The molecule has 26 heavy (non-hydrogen) atoms. The van der Waals surface area contributed by atoms with Crippen LogP contribution in [0.4, 0.5) is 5.69 Å². The molecular weight excluding hydrogens is 371 g/mol. The number of nitrogens with zero attached hydrogens (tertiary/aromatic N) is 1. The maximum Gasteiger partial charge on any atom is 0.227 e. The number of benzene rings is 2. The van der Waals surface area contributed by atoms with Gasteiger partial charge in [0, 0.05) is 24.2 Å². The molecule has 1 fully saturated rings. The lowest BCUT2D eigenvalue weighted by Crippen LogP contribution is -2.37. The minimum Gasteiger partial charge on any atom is -0.497 e. The van der Waals surface area contributed by atoms with E-state index in [9.17, 15) is 4.79 Å². The predicted octanol–water partition coefficient (Wildman–Crippen LogP) is 4.85. The molecule has 1 saturated heterocycles. The summed E-state index contributed by atoms with van der Waals surface area (Å²) < 4.78 is 5.19. The van der Waals surface area contributed by atoms with Crippen LogP contribution in [0.5, 0.6) is 5.75 Å². The first-order valence-corrected chi connectivity index (χ1v) is 9.42. The summed E-state index contributed by atoms with van der Waals surface area (Å²) in [7, 11) is 1.62. The normalized spacial score (nSPS) is 15.7. The number of hydrogen-bond donors (Lipinski definition) is 1. The molecule has 3 rings (SSSR count). The molecule has 2 aromatic carbocycles. The van der Waals surface area contributed by atoms with Gasteiger partial charge in [-0.1, -0.05) is 35.3 Å². The van der Waals surface area contributed by atoms with Gasteiger partial charge in [0.2, 0.25) is 5.91 Å². The molecule has 1 N–H and O–H groups in total. The van der Waals surface area contributed by atoms with Crippen LogP contribution in [0, 0.1) is 5.92 Å². The molecule has 0 bridgehead atoms. The SMILES string of the molecule is COc1cccc(NC(=O)C2CCN(Cc3ccc(Cl)c(Cl)c3)CC2)c1. The van der Waals surface area contributed by atoms with Crippen molar-refractivity contribution in [3.05, 3.63) is 58.1 Å². The lowest BCUT2D eigenvalue weighted by molar-refractivity contribution is -0.121. The van der Waals surface area contributed by atoms with E-state index < -0.39 is 0 Å². The van der Waals surface area contributed by atoms with Gasteiger partial charge in [-0.25, -0.2) is 0 Å². The summed E-state index contributed by atoms with van der Waals surface area (Å²) >= 11 is 12.0. The van der Waals surface area contributed by atoms with E-state index in [1.165, 1.54) is 0 Å². The van der Waals surface area contributed by atoms with Crippen LogP contribution in [0.1, 0.15) is 18.4 Å². The molecule has 0 spiro atoms. The van der Waals surface area contributed by atoms with E-state index in [-0.39, 0.29) is 11.8 Å². The number of rotatable bonds is 5. The van der Waals surface area contributed by atoms with Crippen LogP contribution in [0.15, 0.2) is 42.5 Å². The third-order valence-corrected chi connectivity index (χ3v) is 5.42. The van der Waals surface area contributed by atoms with E-state index in [0.29, 0.717) is 10.0 Å². The molecule has 4 nitrogen and oxygen atoms in total. The second kappa shape index (κ2) is 8.76. The van der Waals surface area contributed by atoms with Crippen LogP contribution in [-0.4, -0.2) is 31.0 Å². The van der Waals surface area contributed by atoms with Crippen molar-refractivity contribution in [2.24, 2.45) is 5.92 Å². The van der Waals surface area contributed by atoms with Gasteiger partial charge < -0.3 is 10.1 Å². The molecule has 0 unspecified atom stereocenters. The number of carbonyl (C=O) groups excluding carboxylic acids is 1. The molecule has 0 aliphatic carbocycles. The van der Waals surface area contributed by atoms with Crippen molar-refractivity contribution in [2.75, 3.05) is 25.5 Å². The van der Waals surface area contributed by atoms with Crippen molar-refractivity contribution in [1.29, 1.82) is 0 Å². The van der Waals surface area contributed by atoms with Crippen LogP contribution in [-0.2, 0) is 11.3 Å². The highest BCUT2D eigenvalue weighted by Gasteiger charge is 2.25. The van der Waals surface area contributed by atoms with Crippen LogP contribution < -0.4 is 10.1 Å². The maximum atomic E-state index is 12.5. The number of amides is 1. The minimum absolute atomic E-state index is 0.0336. The second-order valence-electron chi connectivity index (χ2n) is 6.52. The zero-order valence-electron chi connectivity index (χ0n) is 14.7. The number of methoxy groups -OCH3 is 1.